The van der Waals surface area contributed by atoms with Gasteiger partial charge in [-0.3, -0.25) is 9.69 Å². The Balaban J connectivity index is 1.48. The standard InChI is InChI=1S/C17H31N3O2/c1-13(2)22-15-11-16(18-12-15)17(21)20-8-4-7-19(9-10-20)14-5-3-6-14/h13-16,18H,3-12H2,1-2H3/t15-,16+/m1/s1. The summed E-state index contributed by atoms with van der Waals surface area (Å²) in [7, 11) is 0. The molecule has 5 nitrogen and oxygen atoms in total. The third kappa shape index (κ3) is 3.81. The van der Waals surface area contributed by atoms with Crippen molar-refractivity contribution < 1.29 is 9.53 Å². The largest absolute Gasteiger partial charge is 0.374 e. The van der Waals surface area contributed by atoms with Crippen LogP contribution in [0.3, 0.4) is 0 Å². The fourth-order valence-electron chi connectivity index (χ4n) is 3.88. The maximum absolute atomic E-state index is 12.7. The summed E-state index contributed by atoms with van der Waals surface area (Å²) in [4.78, 5) is 17.4. The first-order valence-electron chi connectivity index (χ1n) is 9.05. The number of nitrogens with zero attached hydrogens (tertiary/aromatic N) is 2. The van der Waals surface area contributed by atoms with Crippen LogP contribution in [0.2, 0.25) is 0 Å². The van der Waals surface area contributed by atoms with E-state index < -0.39 is 0 Å². The van der Waals surface area contributed by atoms with E-state index in [1.54, 1.807) is 0 Å². The summed E-state index contributed by atoms with van der Waals surface area (Å²) in [6.07, 6.45) is 6.44. The Labute approximate surface area is 134 Å². The summed E-state index contributed by atoms with van der Waals surface area (Å²) in [5.41, 5.74) is 0. The van der Waals surface area contributed by atoms with Crippen LogP contribution in [0.25, 0.3) is 0 Å². The molecule has 3 fully saturated rings. The number of nitrogens with one attached hydrogen (secondary N) is 1. The van der Waals surface area contributed by atoms with E-state index in [0.717, 1.165) is 51.6 Å². The van der Waals surface area contributed by atoms with Crippen molar-refractivity contribution in [3.8, 4) is 0 Å². The van der Waals surface area contributed by atoms with Crippen LogP contribution in [0.4, 0.5) is 0 Å². The van der Waals surface area contributed by atoms with Crippen molar-refractivity contribution in [2.24, 2.45) is 0 Å². The second kappa shape index (κ2) is 7.28. The Morgan fingerprint density at radius 3 is 2.64 bits per heavy atom. The zero-order valence-corrected chi connectivity index (χ0v) is 14.1. The SMILES string of the molecule is CC(C)O[C@H]1CN[C@H](C(=O)N2CCCN(C3CCC3)CC2)C1. The van der Waals surface area contributed by atoms with Gasteiger partial charge in [0, 0.05) is 38.8 Å². The minimum Gasteiger partial charge on any atom is -0.374 e. The predicted molar refractivity (Wildman–Crippen MR) is 86.8 cm³/mol. The fourth-order valence-corrected chi connectivity index (χ4v) is 3.88. The van der Waals surface area contributed by atoms with Crippen LogP contribution in [0.5, 0.6) is 0 Å². The highest BCUT2D eigenvalue weighted by atomic mass is 16.5. The van der Waals surface area contributed by atoms with E-state index in [1.165, 1.54) is 19.3 Å². The zero-order valence-electron chi connectivity index (χ0n) is 14.1. The quantitative estimate of drug-likeness (QED) is 0.848. The summed E-state index contributed by atoms with van der Waals surface area (Å²) < 4.78 is 5.83. The van der Waals surface area contributed by atoms with Gasteiger partial charge in [-0.1, -0.05) is 6.42 Å². The van der Waals surface area contributed by atoms with Crippen LogP contribution in [-0.4, -0.2) is 72.7 Å². The molecule has 1 aliphatic carbocycles. The average Bonchev–Trinajstić information content (AvgIpc) is 2.73. The molecule has 2 aliphatic heterocycles. The van der Waals surface area contributed by atoms with Crippen molar-refractivity contribution in [2.75, 3.05) is 32.7 Å². The van der Waals surface area contributed by atoms with Gasteiger partial charge in [0.05, 0.1) is 18.2 Å². The molecule has 3 rings (SSSR count). The van der Waals surface area contributed by atoms with Gasteiger partial charge in [0.2, 0.25) is 5.91 Å². The number of carbonyl (C=O) groups is 1. The molecule has 2 heterocycles. The van der Waals surface area contributed by atoms with Gasteiger partial charge in [0.15, 0.2) is 0 Å². The molecule has 0 bridgehead atoms. The Hall–Kier alpha value is -0.650. The lowest BCUT2D eigenvalue weighted by Crippen LogP contribution is -2.46. The molecule has 126 valence electrons. The fraction of sp³-hybridized carbons (Fsp3) is 0.941. The normalized spacial score (nSPS) is 31.3. The van der Waals surface area contributed by atoms with E-state index in [0.29, 0.717) is 0 Å². The molecule has 0 aromatic heterocycles. The first-order valence-corrected chi connectivity index (χ1v) is 9.05. The molecule has 2 saturated heterocycles. The number of amides is 1. The second-order valence-corrected chi connectivity index (χ2v) is 7.30. The van der Waals surface area contributed by atoms with Gasteiger partial charge in [-0.05, 0) is 39.5 Å². The van der Waals surface area contributed by atoms with E-state index in [4.69, 9.17) is 4.74 Å². The molecule has 0 aromatic carbocycles. The van der Waals surface area contributed by atoms with Gasteiger partial charge in [0.1, 0.15) is 0 Å². The smallest absolute Gasteiger partial charge is 0.239 e. The van der Waals surface area contributed by atoms with Gasteiger partial charge in [-0.15, -0.1) is 0 Å². The lowest BCUT2D eigenvalue weighted by atomic mass is 9.91. The van der Waals surface area contributed by atoms with E-state index in [2.05, 4.69) is 29.0 Å². The topological polar surface area (TPSA) is 44.8 Å². The van der Waals surface area contributed by atoms with Crippen LogP contribution in [0.1, 0.15) is 46.0 Å². The van der Waals surface area contributed by atoms with E-state index >= 15 is 0 Å². The van der Waals surface area contributed by atoms with Crippen molar-refractivity contribution in [3.63, 3.8) is 0 Å². The monoisotopic (exact) mass is 309 g/mol. The van der Waals surface area contributed by atoms with Gasteiger partial charge in [0.25, 0.3) is 0 Å². The Kier molecular flexibility index (Phi) is 5.37. The van der Waals surface area contributed by atoms with Gasteiger partial charge in [-0.25, -0.2) is 0 Å². The van der Waals surface area contributed by atoms with Crippen LogP contribution in [-0.2, 0) is 9.53 Å². The van der Waals surface area contributed by atoms with Crippen molar-refractivity contribution >= 4 is 5.91 Å². The molecule has 3 aliphatic rings. The maximum atomic E-state index is 12.7. The van der Waals surface area contributed by atoms with Crippen molar-refractivity contribution in [3.05, 3.63) is 0 Å². The molecule has 2 atom stereocenters. The molecule has 1 saturated carbocycles. The van der Waals surface area contributed by atoms with Crippen LogP contribution in [0.15, 0.2) is 0 Å². The third-order valence-electron chi connectivity index (χ3n) is 5.29. The zero-order chi connectivity index (χ0) is 15.5. The Morgan fingerprint density at radius 1 is 1.14 bits per heavy atom. The molecule has 0 unspecified atom stereocenters. The maximum Gasteiger partial charge on any atom is 0.239 e. The molecule has 1 N–H and O–H groups in total. The summed E-state index contributed by atoms with van der Waals surface area (Å²) in [6, 6.07) is 0.752. The molecule has 22 heavy (non-hydrogen) atoms. The minimum absolute atomic E-state index is 0.0426. The lowest BCUT2D eigenvalue weighted by molar-refractivity contribution is -0.133. The lowest BCUT2D eigenvalue weighted by Gasteiger charge is -2.36. The summed E-state index contributed by atoms with van der Waals surface area (Å²) in [5.74, 6) is 0.283. The first-order chi connectivity index (χ1) is 10.6. The number of hydrogen-bond donors (Lipinski definition) is 1. The molecular formula is C17H31N3O2. The minimum atomic E-state index is -0.0426. The summed E-state index contributed by atoms with van der Waals surface area (Å²) in [5, 5.41) is 3.36. The van der Waals surface area contributed by atoms with Gasteiger partial charge < -0.3 is 15.0 Å². The van der Waals surface area contributed by atoms with Crippen molar-refractivity contribution in [1.82, 2.24) is 15.1 Å². The number of ether oxygens (including phenoxy) is 1. The van der Waals surface area contributed by atoms with Crippen LogP contribution in [0, 0.1) is 0 Å². The molecule has 5 heteroatoms. The number of hydrogen-bond acceptors (Lipinski definition) is 4. The average molecular weight is 309 g/mol. The highest BCUT2D eigenvalue weighted by Crippen LogP contribution is 2.25. The second-order valence-electron chi connectivity index (χ2n) is 7.30. The van der Waals surface area contributed by atoms with Crippen LogP contribution >= 0.6 is 0 Å². The Bertz CT molecular complexity index is 384. The van der Waals surface area contributed by atoms with Crippen LogP contribution < -0.4 is 5.32 Å². The van der Waals surface area contributed by atoms with Gasteiger partial charge >= 0.3 is 0 Å². The molecule has 0 aromatic rings. The van der Waals surface area contributed by atoms with Gasteiger partial charge in [-0.2, -0.15) is 0 Å². The molecule has 1 amide bonds. The first kappa shape index (κ1) is 16.2. The number of carbonyl (C=O) groups excluding carboxylic acids is 1. The van der Waals surface area contributed by atoms with E-state index in [1.807, 2.05) is 0 Å². The molecular weight excluding hydrogens is 278 g/mol. The number of rotatable bonds is 4. The molecule has 0 radical (unpaired) electrons. The van der Waals surface area contributed by atoms with Crippen molar-refractivity contribution in [1.29, 1.82) is 0 Å². The highest BCUT2D eigenvalue weighted by Gasteiger charge is 2.34. The van der Waals surface area contributed by atoms with E-state index in [9.17, 15) is 4.79 Å². The highest BCUT2D eigenvalue weighted by molar-refractivity contribution is 5.82. The summed E-state index contributed by atoms with van der Waals surface area (Å²) >= 11 is 0. The molecule has 0 spiro atoms. The van der Waals surface area contributed by atoms with Crippen molar-refractivity contribution in [2.45, 2.75) is 70.2 Å². The third-order valence-corrected chi connectivity index (χ3v) is 5.29. The summed E-state index contributed by atoms with van der Waals surface area (Å²) in [6.45, 7) is 8.93. The van der Waals surface area contributed by atoms with E-state index in [-0.39, 0.29) is 24.2 Å². The Morgan fingerprint density at radius 2 is 1.95 bits per heavy atom. The predicted octanol–water partition coefficient (Wildman–Crippen LogP) is 1.23.